The molecule has 20 heavy (non-hydrogen) atoms. The predicted molar refractivity (Wildman–Crippen MR) is 80.1 cm³/mol. The van der Waals surface area contributed by atoms with Gasteiger partial charge < -0.3 is 10.5 Å². The minimum atomic E-state index is 0.708. The highest BCUT2D eigenvalue weighted by Crippen LogP contribution is 2.21. The fourth-order valence-electron chi connectivity index (χ4n) is 2.34. The molecule has 4 heteroatoms. The van der Waals surface area contributed by atoms with Crippen LogP contribution in [0.2, 0.25) is 0 Å². The van der Waals surface area contributed by atoms with Crippen molar-refractivity contribution in [3.63, 3.8) is 0 Å². The van der Waals surface area contributed by atoms with E-state index < -0.39 is 0 Å². The molecule has 102 valence electrons. The van der Waals surface area contributed by atoms with Gasteiger partial charge >= 0.3 is 0 Å². The van der Waals surface area contributed by atoms with E-state index in [0.717, 1.165) is 29.1 Å². The van der Waals surface area contributed by atoms with Gasteiger partial charge in [-0.1, -0.05) is 18.2 Å². The number of anilines is 1. The molecule has 0 saturated heterocycles. The molecular weight excluding hydrogens is 250 g/mol. The van der Waals surface area contributed by atoms with Gasteiger partial charge in [0.25, 0.3) is 0 Å². The van der Waals surface area contributed by atoms with Gasteiger partial charge in [-0.05, 0) is 36.2 Å². The Balaban J connectivity index is 1.97. The number of aromatic nitrogens is 2. The first kappa shape index (κ1) is 12.5. The Kier molecular flexibility index (Phi) is 3.06. The number of methoxy groups -OCH3 is 1. The van der Waals surface area contributed by atoms with Crippen LogP contribution in [0.4, 0.5) is 5.82 Å². The van der Waals surface area contributed by atoms with E-state index in [-0.39, 0.29) is 0 Å². The van der Waals surface area contributed by atoms with Crippen LogP contribution in [0.25, 0.3) is 5.65 Å². The Bertz CT molecular complexity index is 744. The van der Waals surface area contributed by atoms with E-state index in [2.05, 4.69) is 4.98 Å². The number of aryl methyl sites for hydroxylation is 1. The van der Waals surface area contributed by atoms with Crippen LogP contribution in [-0.2, 0) is 6.42 Å². The first-order valence-electron chi connectivity index (χ1n) is 6.54. The van der Waals surface area contributed by atoms with Crippen molar-refractivity contribution in [1.29, 1.82) is 0 Å². The van der Waals surface area contributed by atoms with Crippen molar-refractivity contribution in [2.45, 2.75) is 13.3 Å². The van der Waals surface area contributed by atoms with Crippen LogP contribution in [0.1, 0.15) is 16.8 Å². The van der Waals surface area contributed by atoms with Crippen LogP contribution in [0.3, 0.4) is 0 Å². The molecule has 2 N–H and O–H groups in total. The van der Waals surface area contributed by atoms with Gasteiger partial charge in [0.1, 0.15) is 17.2 Å². The summed E-state index contributed by atoms with van der Waals surface area (Å²) in [6.07, 6.45) is 2.67. The number of imidazole rings is 1. The van der Waals surface area contributed by atoms with Gasteiger partial charge in [-0.2, -0.15) is 0 Å². The van der Waals surface area contributed by atoms with Crippen molar-refractivity contribution in [2.24, 2.45) is 0 Å². The van der Waals surface area contributed by atoms with Gasteiger partial charge in [0.2, 0.25) is 0 Å². The van der Waals surface area contributed by atoms with Crippen molar-refractivity contribution in [1.82, 2.24) is 9.38 Å². The van der Waals surface area contributed by atoms with Gasteiger partial charge in [-0.25, -0.2) is 4.98 Å². The van der Waals surface area contributed by atoms with Crippen LogP contribution in [-0.4, -0.2) is 16.5 Å². The highest BCUT2D eigenvalue weighted by atomic mass is 16.5. The Labute approximate surface area is 117 Å². The molecule has 0 saturated carbocycles. The number of nitrogen functional groups attached to an aromatic ring is 1. The van der Waals surface area contributed by atoms with Crippen molar-refractivity contribution >= 4 is 11.5 Å². The van der Waals surface area contributed by atoms with Crippen LogP contribution in [0, 0.1) is 6.92 Å². The summed E-state index contributed by atoms with van der Waals surface area (Å²) in [7, 11) is 1.66. The first-order valence-corrected chi connectivity index (χ1v) is 6.54. The van der Waals surface area contributed by atoms with E-state index in [9.17, 15) is 0 Å². The molecular formula is C16H17N3O. The molecule has 0 unspecified atom stereocenters. The van der Waals surface area contributed by atoms with Crippen LogP contribution in [0.15, 0.2) is 42.6 Å². The highest BCUT2D eigenvalue weighted by molar-refractivity contribution is 5.57. The van der Waals surface area contributed by atoms with Crippen molar-refractivity contribution in [3.05, 3.63) is 59.4 Å². The molecule has 0 amide bonds. The third-order valence-electron chi connectivity index (χ3n) is 3.49. The molecule has 1 aromatic carbocycles. The fourth-order valence-corrected chi connectivity index (χ4v) is 2.34. The molecule has 3 aromatic rings. The van der Waals surface area contributed by atoms with Gasteiger partial charge in [0, 0.05) is 12.6 Å². The fraction of sp³-hybridized carbons (Fsp3) is 0.188. The lowest BCUT2D eigenvalue weighted by molar-refractivity contribution is 0.414. The predicted octanol–water partition coefficient (Wildman–Crippen LogP) is 2.82. The molecule has 0 aliphatic rings. The second kappa shape index (κ2) is 4.89. The average Bonchev–Trinajstić information content (AvgIpc) is 2.79. The number of ether oxygens (including phenoxy) is 1. The minimum absolute atomic E-state index is 0.708. The van der Waals surface area contributed by atoms with Gasteiger partial charge in [0.15, 0.2) is 0 Å². The molecule has 0 aliphatic heterocycles. The van der Waals surface area contributed by atoms with Crippen LogP contribution < -0.4 is 10.5 Å². The third kappa shape index (κ3) is 2.09. The number of nitrogens with two attached hydrogens (primary N) is 1. The standard InChI is InChI=1S/C16H17N3O/c1-11-4-3-9-19-15(17)14(18-16(11)19)10-12-5-7-13(20-2)8-6-12/h3-9H,10,17H2,1-2H3. The number of pyridine rings is 1. The number of hydrogen-bond acceptors (Lipinski definition) is 3. The van der Waals surface area contributed by atoms with Gasteiger partial charge in [0.05, 0.1) is 12.8 Å². The normalized spacial score (nSPS) is 10.9. The number of fused-ring (bicyclic) bond motifs is 1. The molecule has 0 spiro atoms. The number of benzene rings is 1. The molecule has 2 aromatic heterocycles. The Morgan fingerprint density at radius 2 is 1.95 bits per heavy atom. The summed E-state index contributed by atoms with van der Waals surface area (Å²) in [5.74, 6) is 1.56. The van der Waals surface area contributed by atoms with Crippen LogP contribution >= 0.6 is 0 Å². The summed E-state index contributed by atoms with van der Waals surface area (Å²) in [5.41, 5.74) is 10.3. The van der Waals surface area contributed by atoms with Crippen LogP contribution in [0.5, 0.6) is 5.75 Å². The third-order valence-corrected chi connectivity index (χ3v) is 3.49. The topological polar surface area (TPSA) is 52.5 Å². The maximum Gasteiger partial charge on any atom is 0.141 e. The number of nitrogens with zero attached hydrogens (tertiary/aromatic N) is 2. The summed E-state index contributed by atoms with van der Waals surface area (Å²) in [6.45, 7) is 2.04. The molecule has 0 fully saturated rings. The first-order chi connectivity index (χ1) is 9.69. The molecule has 0 atom stereocenters. The lowest BCUT2D eigenvalue weighted by Gasteiger charge is -2.02. The zero-order valence-corrected chi connectivity index (χ0v) is 11.6. The molecule has 3 rings (SSSR count). The van der Waals surface area contributed by atoms with Crippen molar-refractivity contribution < 1.29 is 4.74 Å². The molecule has 0 radical (unpaired) electrons. The monoisotopic (exact) mass is 267 g/mol. The lowest BCUT2D eigenvalue weighted by atomic mass is 10.1. The Morgan fingerprint density at radius 1 is 1.20 bits per heavy atom. The van der Waals surface area contributed by atoms with E-state index >= 15 is 0 Å². The molecule has 2 heterocycles. The smallest absolute Gasteiger partial charge is 0.141 e. The molecule has 0 aliphatic carbocycles. The molecule has 4 nitrogen and oxygen atoms in total. The quantitative estimate of drug-likeness (QED) is 0.794. The zero-order chi connectivity index (χ0) is 14.1. The van der Waals surface area contributed by atoms with E-state index in [4.69, 9.17) is 10.5 Å². The van der Waals surface area contributed by atoms with Gasteiger partial charge in [-0.3, -0.25) is 4.40 Å². The summed E-state index contributed by atoms with van der Waals surface area (Å²) in [6, 6.07) is 12.0. The second-order valence-electron chi connectivity index (χ2n) is 4.85. The van der Waals surface area contributed by atoms with E-state index in [1.807, 2.05) is 53.9 Å². The summed E-state index contributed by atoms with van der Waals surface area (Å²) in [4.78, 5) is 4.66. The van der Waals surface area contributed by atoms with Crippen molar-refractivity contribution in [2.75, 3.05) is 12.8 Å². The summed E-state index contributed by atoms with van der Waals surface area (Å²) >= 11 is 0. The Hall–Kier alpha value is -2.49. The largest absolute Gasteiger partial charge is 0.497 e. The lowest BCUT2D eigenvalue weighted by Crippen LogP contribution is -1.97. The average molecular weight is 267 g/mol. The zero-order valence-electron chi connectivity index (χ0n) is 11.6. The second-order valence-corrected chi connectivity index (χ2v) is 4.85. The van der Waals surface area contributed by atoms with E-state index in [1.54, 1.807) is 7.11 Å². The maximum absolute atomic E-state index is 6.19. The summed E-state index contributed by atoms with van der Waals surface area (Å²) < 4.78 is 7.10. The number of rotatable bonds is 3. The maximum atomic E-state index is 6.19. The SMILES string of the molecule is COc1ccc(Cc2nc3c(C)cccn3c2N)cc1. The molecule has 0 bridgehead atoms. The minimum Gasteiger partial charge on any atom is -0.497 e. The Morgan fingerprint density at radius 3 is 2.60 bits per heavy atom. The number of hydrogen-bond donors (Lipinski definition) is 1. The van der Waals surface area contributed by atoms with E-state index in [0.29, 0.717) is 5.82 Å². The summed E-state index contributed by atoms with van der Waals surface area (Å²) in [5, 5.41) is 0. The van der Waals surface area contributed by atoms with Crippen molar-refractivity contribution in [3.8, 4) is 5.75 Å². The van der Waals surface area contributed by atoms with E-state index in [1.165, 1.54) is 5.56 Å². The highest BCUT2D eigenvalue weighted by Gasteiger charge is 2.11. The van der Waals surface area contributed by atoms with Gasteiger partial charge in [-0.15, -0.1) is 0 Å².